The Morgan fingerprint density at radius 1 is 1.41 bits per heavy atom. The Morgan fingerprint density at radius 3 is 2.68 bits per heavy atom. The Bertz CT molecular complexity index is 680. The highest BCUT2D eigenvalue weighted by Gasteiger charge is 2.17. The molecule has 1 aromatic heterocycles. The van der Waals surface area contributed by atoms with Crippen molar-refractivity contribution in [2.75, 3.05) is 12.4 Å². The Hall–Kier alpha value is -2.01. The maximum absolute atomic E-state index is 12.5. The average Bonchev–Trinajstić information content (AvgIpc) is 2.93. The predicted molar refractivity (Wildman–Crippen MR) is 87.9 cm³/mol. The van der Waals surface area contributed by atoms with E-state index in [1.807, 2.05) is 26.8 Å². The van der Waals surface area contributed by atoms with Crippen LogP contribution in [0.1, 0.15) is 42.9 Å². The fraction of sp³-hybridized carbons (Fsp3) is 0.375. The van der Waals surface area contributed by atoms with Gasteiger partial charge in [0.2, 0.25) is 0 Å². The Labute approximate surface area is 135 Å². The molecular formula is C16H20ClN3O2. The molecule has 1 N–H and O–H groups in total. The summed E-state index contributed by atoms with van der Waals surface area (Å²) in [6.07, 6.45) is 0. The molecule has 0 aliphatic carbocycles. The van der Waals surface area contributed by atoms with Crippen molar-refractivity contribution in [1.29, 1.82) is 0 Å². The zero-order valence-electron chi connectivity index (χ0n) is 13.2. The van der Waals surface area contributed by atoms with Gasteiger partial charge >= 0.3 is 0 Å². The molecule has 1 heterocycles. The minimum Gasteiger partial charge on any atom is -0.497 e. The normalized spacial score (nSPS) is 10.8. The van der Waals surface area contributed by atoms with Crippen LogP contribution < -0.4 is 10.1 Å². The number of hydrogen-bond acceptors (Lipinski definition) is 3. The minimum absolute atomic E-state index is 0.228. The number of anilines is 1. The van der Waals surface area contributed by atoms with Gasteiger partial charge in [-0.15, -0.1) is 0 Å². The van der Waals surface area contributed by atoms with Gasteiger partial charge in [0, 0.05) is 12.6 Å². The number of methoxy groups -OCH3 is 1. The summed E-state index contributed by atoms with van der Waals surface area (Å²) >= 11 is 6.15. The first kappa shape index (κ1) is 16.4. The second-order valence-corrected chi connectivity index (χ2v) is 5.63. The number of nitrogens with one attached hydrogen (secondary N) is 1. The third-order valence-corrected chi connectivity index (χ3v) is 3.66. The van der Waals surface area contributed by atoms with Crippen LogP contribution >= 0.6 is 11.6 Å². The van der Waals surface area contributed by atoms with Crippen molar-refractivity contribution in [3.05, 3.63) is 40.7 Å². The number of rotatable bonds is 5. The molecule has 5 nitrogen and oxygen atoms in total. The highest BCUT2D eigenvalue weighted by atomic mass is 35.5. The summed E-state index contributed by atoms with van der Waals surface area (Å²) in [6, 6.07) is 6.95. The zero-order chi connectivity index (χ0) is 16.3. The van der Waals surface area contributed by atoms with Gasteiger partial charge in [0.15, 0.2) is 0 Å². The number of ether oxygens (including phenoxy) is 1. The molecule has 0 aliphatic rings. The molecule has 0 unspecified atom stereocenters. The van der Waals surface area contributed by atoms with Crippen molar-refractivity contribution < 1.29 is 9.53 Å². The van der Waals surface area contributed by atoms with Gasteiger partial charge in [0.25, 0.3) is 5.91 Å². The van der Waals surface area contributed by atoms with Gasteiger partial charge in [0.05, 0.1) is 23.5 Å². The van der Waals surface area contributed by atoms with E-state index in [2.05, 4.69) is 10.4 Å². The van der Waals surface area contributed by atoms with Crippen LogP contribution in [0, 0.1) is 0 Å². The molecule has 0 spiro atoms. The second kappa shape index (κ2) is 6.83. The summed E-state index contributed by atoms with van der Waals surface area (Å²) in [5, 5.41) is 7.69. The number of nitrogens with zero attached hydrogens (tertiary/aromatic N) is 2. The van der Waals surface area contributed by atoms with Crippen LogP contribution in [0.15, 0.2) is 24.3 Å². The van der Waals surface area contributed by atoms with Crippen LogP contribution in [0.25, 0.3) is 0 Å². The summed E-state index contributed by atoms with van der Waals surface area (Å²) < 4.78 is 6.79. The number of hydrogen-bond donors (Lipinski definition) is 1. The maximum atomic E-state index is 12.5. The number of amides is 1. The SMILES string of the molecule is CCn1nc(C(C)C)cc1C(=O)Nc1ccc(OC)cc1Cl. The van der Waals surface area contributed by atoms with E-state index in [1.165, 1.54) is 0 Å². The van der Waals surface area contributed by atoms with Crippen molar-refractivity contribution >= 4 is 23.2 Å². The highest BCUT2D eigenvalue weighted by Crippen LogP contribution is 2.27. The first-order valence-electron chi connectivity index (χ1n) is 7.18. The number of benzene rings is 1. The fourth-order valence-corrected chi connectivity index (χ4v) is 2.27. The lowest BCUT2D eigenvalue weighted by Gasteiger charge is -2.09. The van der Waals surface area contributed by atoms with E-state index in [9.17, 15) is 4.79 Å². The van der Waals surface area contributed by atoms with Crippen LogP contribution in [-0.4, -0.2) is 22.8 Å². The summed E-state index contributed by atoms with van der Waals surface area (Å²) in [5.41, 5.74) is 1.97. The van der Waals surface area contributed by atoms with Gasteiger partial charge in [-0.2, -0.15) is 5.10 Å². The standard InChI is InChI=1S/C16H20ClN3O2/c1-5-20-15(9-14(19-20)10(2)3)16(21)18-13-7-6-11(22-4)8-12(13)17/h6-10H,5H2,1-4H3,(H,18,21). The van der Waals surface area contributed by atoms with Crippen molar-refractivity contribution in [2.45, 2.75) is 33.2 Å². The predicted octanol–water partition coefficient (Wildman–Crippen LogP) is 3.94. The summed E-state index contributed by atoms with van der Waals surface area (Å²) in [5.74, 6) is 0.681. The molecule has 0 fully saturated rings. The first-order valence-corrected chi connectivity index (χ1v) is 7.56. The zero-order valence-corrected chi connectivity index (χ0v) is 13.9. The lowest BCUT2D eigenvalue weighted by molar-refractivity contribution is 0.101. The van der Waals surface area contributed by atoms with Crippen molar-refractivity contribution in [2.24, 2.45) is 0 Å². The molecule has 0 saturated carbocycles. The summed E-state index contributed by atoms with van der Waals surface area (Å²) in [7, 11) is 1.57. The van der Waals surface area contributed by atoms with Gasteiger partial charge in [-0.05, 0) is 31.0 Å². The van der Waals surface area contributed by atoms with E-state index in [0.717, 1.165) is 5.69 Å². The summed E-state index contributed by atoms with van der Waals surface area (Å²) in [4.78, 5) is 12.5. The molecule has 1 aromatic carbocycles. The third-order valence-electron chi connectivity index (χ3n) is 3.35. The monoisotopic (exact) mass is 321 g/mol. The Balaban J connectivity index is 2.25. The molecule has 2 aromatic rings. The quantitative estimate of drug-likeness (QED) is 0.907. The van der Waals surface area contributed by atoms with E-state index in [0.29, 0.717) is 28.7 Å². The maximum Gasteiger partial charge on any atom is 0.273 e. The van der Waals surface area contributed by atoms with E-state index >= 15 is 0 Å². The molecular weight excluding hydrogens is 302 g/mol. The van der Waals surface area contributed by atoms with E-state index < -0.39 is 0 Å². The van der Waals surface area contributed by atoms with Gasteiger partial charge in [-0.3, -0.25) is 9.48 Å². The molecule has 0 bridgehead atoms. The van der Waals surface area contributed by atoms with Crippen LogP contribution in [0.5, 0.6) is 5.75 Å². The van der Waals surface area contributed by atoms with Crippen LogP contribution in [0.2, 0.25) is 5.02 Å². The molecule has 118 valence electrons. The van der Waals surface area contributed by atoms with Gasteiger partial charge in [0.1, 0.15) is 11.4 Å². The number of carbonyl (C=O) groups excluding carboxylic acids is 1. The second-order valence-electron chi connectivity index (χ2n) is 5.22. The molecule has 2 rings (SSSR count). The average molecular weight is 322 g/mol. The van der Waals surface area contributed by atoms with Crippen molar-refractivity contribution in [3.63, 3.8) is 0 Å². The van der Waals surface area contributed by atoms with Crippen LogP contribution in [-0.2, 0) is 6.54 Å². The first-order chi connectivity index (χ1) is 10.5. The van der Waals surface area contributed by atoms with Crippen LogP contribution in [0.4, 0.5) is 5.69 Å². The molecule has 22 heavy (non-hydrogen) atoms. The molecule has 6 heteroatoms. The minimum atomic E-state index is -0.228. The van der Waals surface area contributed by atoms with Gasteiger partial charge in [-0.25, -0.2) is 0 Å². The lowest BCUT2D eigenvalue weighted by Crippen LogP contribution is -2.17. The Kier molecular flexibility index (Phi) is 5.08. The van der Waals surface area contributed by atoms with Gasteiger partial charge < -0.3 is 10.1 Å². The van der Waals surface area contributed by atoms with E-state index in [4.69, 9.17) is 16.3 Å². The lowest BCUT2D eigenvalue weighted by atomic mass is 10.1. The Morgan fingerprint density at radius 2 is 2.14 bits per heavy atom. The third kappa shape index (κ3) is 3.42. The molecule has 0 aliphatic heterocycles. The van der Waals surface area contributed by atoms with Crippen LogP contribution in [0.3, 0.4) is 0 Å². The molecule has 0 atom stereocenters. The number of carbonyl (C=O) groups is 1. The van der Waals surface area contributed by atoms with Gasteiger partial charge in [-0.1, -0.05) is 25.4 Å². The van der Waals surface area contributed by atoms with E-state index in [1.54, 1.807) is 30.0 Å². The fourth-order valence-electron chi connectivity index (χ4n) is 2.05. The molecule has 0 radical (unpaired) electrons. The number of aryl methyl sites for hydroxylation is 1. The summed E-state index contributed by atoms with van der Waals surface area (Å²) in [6.45, 7) is 6.68. The highest BCUT2D eigenvalue weighted by molar-refractivity contribution is 6.34. The largest absolute Gasteiger partial charge is 0.497 e. The molecule has 0 saturated heterocycles. The van der Waals surface area contributed by atoms with E-state index in [-0.39, 0.29) is 11.8 Å². The van der Waals surface area contributed by atoms with Crippen molar-refractivity contribution in [1.82, 2.24) is 9.78 Å². The number of halogens is 1. The van der Waals surface area contributed by atoms with Crippen molar-refractivity contribution in [3.8, 4) is 5.75 Å². The molecule has 1 amide bonds. The smallest absolute Gasteiger partial charge is 0.273 e. The topological polar surface area (TPSA) is 56.2 Å². The number of aromatic nitrogens is 2.